The van der Waals surface area contributed by atoms with Crippen LogP contribution in [0.2, 0.25) is 0 Å². The molecule has 2 rings (SSSR count). The van der Waals surface area contributed by atoms with Gasteiger partial charge in [0.1, 0.15) is 0 Å². The molecule has 1 aromatic rings. The second kappa shape index (κ2) is 4.18. The van der Waals surface area contributed by atoms with Crippen molar-refractivity contribution in [3.05, 3.63) is 23.5 Å². The van der Waals surface area contributed by atoms with Gasteiger partial charge in [-0.1, -0.05) is 0 Å². The summed E-state index contributed by atoms with van der Waals surface area (Å²) in [6.07, 6.45) is 2.25. The highest BCUT2D eigenvalue weighted by Crippen LogP contribution is 2.19. The molecule has 5 nitrogen and oxygen atoms in total. The first-order valence-corrected chi connectivity index (χ1v) is 7.34. The Morgan fingerprint density at radius 1 is 1.53 bits per heavy atom. The van der Waals surface area contributed by atoms with Crippen molar-refractivity contribution in [2.45, 2.75) is 19.4 Å². The molecule has 1 fully saturated rings. The van der Waals surface area contributed by atoms with E-state index >= 15 is 0 Å². The van der Waals surface area contributed by atoms with Crippen molar-refractivity contribution in [2.75, 3.05) is 18.6 Å². The van der Waals surface area contributed by atoms with Gasteiger partial charge in [0, 0.05) is 25.0 Å². The van der Waals surface area contributed by atoms with Crippen molar-refractivity contribution in [1.29, 1.82) is 0 Å². The van der Waals surface area contributed by atoms with E-state index in [2.05, 4.69) is 4.98 Å². The zero-order valence-electron chi connectivity index (χ0n) is 9.93. The lowest BCUT2D eigenvalue weighted by Gasteiger charge is -2.23. The number of hydrogen-bond donors (Lipinski definition) is 1. The molecule has 0 aromatic carbocycles. The van der Waals surface area contributed by atoms with Gasteiger partial charge in [0.15, 0.2) is 9.84 Å². The van der Waals surface area contributed by atoms with E-state index in [-0.39, 0.29) is 23.5 Å². The first-order chi connectivity index (χ1) is 7.91. The molecule has 6 heteroatoms. The monoisotopic (exact) mass is 256 g/mol. The Bertz CT molecular complexity index is 533. The molecule has 0 aliphatic carbocycles. The highest BCUT2D eigenvalue weighted by molar-refractivity contribution is 7.91. The summed E-state index contributed by atoms with van der Waals surface area (Å²) in [4.78, 5) is 16.6. The number of sulfone groups is 1. The molecule has 1 amide bonds. The Hall–Kier alpha value is -1.30. The summed E-state index contributed by atoms with van der Waals surface area (Å²) in [5.41, 5.74) is 1.42. The lowest BCUT2D eigenvalue weighted by Crippen LogP contribution is -2.37. The number of nitrogens with zero attached hydrogens (tertiary/aromatic N) is 1. The number of aryl methyl sites for hydroxylation is 1. The van der Waals surface area contributed by atoms with Gasteiger partial charge < -0.3 is 9.88 Å². The van der Waals surface area contributed by atoms with Crippen LogP contribution in [-0.4, -0.2) is 48.8 Å². The van der Waals surface area contributed by atoms with Gasteiger partial charge in [0.2, 0.25) is 0 Å². The predicted molar refractivity (Wildman–Crippen MR) is 64.7 cm³/mol. The Balaban J connectivity index is 2.14. The number of H-pyrrole nitrogens is 1. The van der Waals surface area contributed by atoms with E-state index in [0.29, 0.717) is 12.0 Å². The van der Waals surface area contributed by atoms with Crippen molar-refractivity contribution >= 4 is 15.7 Å². The molecule has 1 saturated heterocycles. The average Bonchev–Trinajstić information content (AvgIpc) is 2.82. The molecule has 0 spiro atoms. The van der Waals surface area contributed by atoms with Gasteiger partial charge in [-0.2, -0.15) is 0 Å². The maximum Gasteiger partial charge on any atom is 0.255 e. The normalized spacial score (nSPS) is 22.6. The molecule has 0 radical (unpaired) electrons. The third-order valence-electron chi connectivity index (χ3n) is 3.26. The molecule has 0 saturated carbocycles. The van der Waals surface area contributed by atoms with Gasteiger partial charge >= 0.3 is 0 Å². The number of amides is 1. The summed E-state index contributed by atoms with van der Waals surface area (Å²) >= 11 is 0. The highest BCUT2D eigenvalue weighted by atomic mass is 32.2. The van der Waals surface area contributed by atoms with Gasteiger partial charge in [-0.15, -0.1) is 0 Å². The van der Waals surface area contributed by atoms with Crippen LogP contribution in [0.5, 0.6) is 0 Å². The summed E-state index contributed by atoms with van der Waals surface area (Å²) in [6, 6.07) is 1.53. The molecule has 1 N–H and O–H groups in total. The Kier molecular flexibility index (Phi) is 2.99. The third-order valence-corrected chi connectivity index (χ3v) is 5.01. The van der Waals surface area contributed by atoms with Crippen LogP contribution in [0.15, 0.2) is 12.3 Å². The number of rotatable bonds is 2. The van der Waals surface area contributed by atoms with E-state index in [0.717, 1.165) is 5.69 Å². The number of nitrogens with one attached hydrogen (secondary N) is 1. The van der Waals surface area contributed by atoms with Crippen LogP contribution >= 0.6 is 0 Å². The minimum Gasteiger partial charge on any atom is -0.365 e. The van der Waals surface area contributed by atoms with E-state index in [1.165, 1.54) is 0 Å². The van der Waals surface area contributed by atoms with E-state index in [9.17, 15) is 13.2 Å². The van der Waals surface area contributed by atoms with Crippen molar-refractivity contribution in [1.82, 2.24) is 9.88 Å². The largest absolute Gasteiger partial charge is 0.365 e. The minimum atomic E-state index is -2.95. The molecule has 0 bridgehead atoms. The van der Waals surface area contributed by atoms with Gasteiger partial charge in [-0.05, 0) is 19.4 Å². The van der Waals surface area contributed by atoms with Gasteiger partial charge in [0.05, 0.1) is 17.1 Å². The highest BCUT2D eigenvalue weighted by Gasteiger charge is 2.33. The molecule has 1 unspecified atom stereocenters. The fraction of sp³-hybridized carbons (Fsp3) is 0.545. The maximum absolute atomic E-state index is 12.1. The number of aromatic amines is 1. The van der Waals surface area contributed by atoms with Crippen LogP contribution in [0.25, 0.3) is 0 Å². The van der Waals surface area contributed by atoms with E-state index in [1.54, 1.807) is 24.2 Å². The van der Waals surface area contributed by atoms with E-state index in [4.69, 9.17) is 0 Å². The van der Waals surface area contributed by atoms with Crippen LogP contribution in [0.1, 0.15) is 22.5 Å². The molecular weight excluding hydrogens is 240 g/mol. The fourth-order valence-electron chi connectivity index (χ4n) is 2.12. The molecule has 1 aliphatic rings. The molecule has 1 aromatic heterocycles. The maximum atomic E-state index is 12.1. The fourth-order valence-corrected chi connectivity index (χ4v) is 3.90. The molecule has 17 heavy (non-hydrogen) atoms. The quantitative estimate of drug-likeness (QED) is 0.841. The van der Waals surface area contributed by atoms with Crippen molar-refractivity contribution < 1.29 is 13.2 Å². The first kappa shape index (κ1) is 12.2. The van der Waals surface area contributed by atoms with Crippen molar-refractivity contribution in [3.63, 3.8) is 0 Å². The lowest BCUT2D eigenvalue weighted by molar-refractivity contribution is 0.0747. The molecule has 94 valence electrons. The van der Waals surface area contributed by atoms with Crippen LogP contribution in [0, 0.1) is 6.92 Å². The van der Waals surface area contributed by atoms with E-state index in [1.807, 2.05) is 6.92 Å². The van der Waals surface area contributed by atoms with E-state index < -0.39 is 9.84 Å². The Morgan fingerprint density at radius 2 is 2.24 bits per heavy atom. The number of carbonyl (C=O) groups is 1. The summed E-state index contributed by atoms with van der Waals surface area (Å²) in [6.45, 7) is 1.83. The van der Waals surface area contributed by atoms with Gasteiger partial charge in [-0.3, -0.25) is 4.79 Å². The average molecular weight is 256 g/mol. The second-order valence-electron chi connectivity index (χ2n) is 4.49. The smallest absolute Gasteiger partial charge is 0.255 e. The second-order valence-corrected chi connectivity index (χ2v) is 6.72. The third kappa shape index (κ3) is 2.36. The Morgan fingerprint density at radius 3 is 2.71 bits per heavy atom. The standard InChI is InChI=1S/C11H16N2O3S/c1-8-10(3-5-12-8)11(14)13(2)9-4-6-17(15,16)7-9/h3,5,9,12H,4,6-7H2,1-2H3. The summed E-state index contributed by atoms with van der Waals surface area (Å²) < 4.78 is 22.8. The zero-order valence-corrected chi connectivity index (χ0v) is 10.8. The molecule has 2 heterocycles. The molecule has 1 atom stereocenters. The number of carbonyl (C=O) groups excluding carboxylic acids is 1. The number of aromatic nitrogens is 1. The van der Waals surface area contributed by atoms with Crippen LogP contribution < -0.4 is 0 Å². The lowest BCUT2D eigenvalue weighted by atomic mass is 10.2. The minimum absolute atomic E-state index is 0.0821. The summed E-state index contributed by atoms with van der Waals surface area (Å²) in [7, 11) is -1.29. The Labute approximate surface area is 101 Å². The summed E-state index contributed by atoms with van der Waals surface area (Å²) in [5, 5.41) is 0. The van der Waals surface area contributed by atoms with Gasteiger partial charge in [0.25, 0.3) is 5.91 Å². The summed E-state index contributed by atoms with van der Waals surface area (Å²) in [5.74, 6) is 0.144. The number of hydrogen-bond acceptors (Lipinski definition) is 3. The van der Waals surface area contributed by atoms with Crippen LogP contribution in [0.4, 0.5) is 0 Å². The zero-order chi connectivity index (χ0) is 12.6. The van der Waals surface area contributed by atoms with Crippen molar-refractivity contribution in [3.8, 4) is 0 Å². The topological polar surface area (TPSA) is 70.2 Å². The van der Waals surface area contributed by atoms with Gasteiger partial charge in [-0.25, -0.2) is 8.42 Å². The van der Waals surface area contributed by atoms with Crippen LogP contribution in [-0.2, 0) is 9.84 Å². The predicted octanol–water partition coefficient (Wildman–Crippen LogP) is 0.582. The SMILES string of the molecule is Cc1[nH]ccc1C(=O)N(C)C1CCS(=O)(=O)C1. The molecular formula is C11H16N2O3S. The van der Waals surface area contributed by atoms with Crippen LogP contribution in [0.3, 0.4) is 0 Å². The first-order valence-electron chi connectivity index (χ1n) is 5.52. The molecule has 1 aliphatic heterocycles. The van der Waals surface area contributed by atoms with Crippen molar-refractivity contribution in [2.24, 2.45) is 0 Å².